The fourth-order valence-electron chi connectivity index (χ4n) is 10.1. The van der Waals surface area contributed by atoms with Gasteiger partial charge in [-0.05, 0) is 48.7 Å². The van der Waals surface area contributed by atoms with Gasteiger partial charge in [-0.15, -0.1) is 0 Å². The molecule has 4 aromatic heterocycles. The Labute approximate surface area is 406 Å². The van der Waals surface area contributed by atoms with Gasteiger partial charge in [0.25, 0.3) is 11.8 Å². The van der Waals surface area contributed by atoms with Gasteiger partial charge in [0.2, 0.25) is 0 Å². The molecule has 71 heavy (non-hydrogen) atoms. The first-order chi connectivity index (χ1) is 34.5. The van der Waals surface area contributed by atoms with Crippen LogP contribution in [0.1, 0.15) is 70.0 Å². The summed E-state index contributed by atoms with van der Waals surface area (Å²) in [5, 5.41) is 25.6. The van der Waals surface area contributed by atoms with Crippen LogP contribution >= 0.6 is 0 Å². The molecule has 10 rings (SSSR count). The number of anilines is 2. The lowest BCUT2D eigenvalue weighted by molar-refractivity contribution is -0.385. The fraction of sp³-hybridized carbons (Fsp3) is 0.327. The number of furan rings is 2. The largest absolute Gasteiger partial charge is 0.459 e. The van der Waals surface area contributed by atoms with Crippen molar-refractivity contribution in [3.63, 3.8) is 0 Å². The Morgan fingerprint density at radius 1 is 0.549 bits per heavy atom. The summed E-state index contributed by atoms with van der Waals surface area (Å²) in [4.78, 5) is 95.2. The lowest BCUT2D eigenvalue weighted by atomic mass is 9.87. The lowest BCUT2D eigenvalue weighted by Gasteiger charge is -2.36. The number of nitro groups is 2. The van der Waals surface area contributed by atoms with Crippen LogP contribution in [0.25, 0.3) is 21.8 Å². The summed E-state index contributed by atoms with van der Waals surface area (Å²) < 4.78 is 13.2. The minimum Gasteiger partial charge on any atom is -0.459 e. The zero-order valence-corrected chi connectivity index (χ0v) is 38.9. The van der Waals surface area contributed by atoms with Crippen LogP contribution in [-0.4, -0.2) is 98.7 Å². The van der Waals surface area contributed by atoms with Gasteiger partial charge in [-0.3, -0.25) is 48.8 Å². The second-order valence-corrected chi connectivity index (χ2v) is 17.9. The Balaban J connectivity index is 0.000000176. The van der Waals surface area contributed by atoms with E-state index in [0.29, 0.717) is 92.4 Å². The quantitative estimate of drug-likeness (QED) is 0.0649. The predicted molar refractivity (Wildman–Crippen MR) is 265 cm³/mol. The number of carbonyl (C=O) groups excluding carboxylic acids is 3. The summed E-state index contributed by atoms with van der Waals surface area (Å²) in [6.45, 7) is 2.91. The minimum absolute atomic E-state index is 0.202. The molecule has 19 heteroatoms. The van der Waals surface area contributed by atoms with Crippen LogP contribution in [0.3, 0.4) is 0 Å². The molecule has 3 aromatic carbocycles. The number of carbonyl (C=O) groups is 3. The summed E-state index contributed by atoms with van der Waals surface area (Å²) in [5.74, 6) is 0.282. The maximum Gasteiger partial charge on any atom is 0.357 e. The molecule has 1 aliphatic carbocycles. The monoisotopic (exact) mass is 964 g/mol. The average Bonchev–Trinajstić information content (AvgIpc) is 4.16. The molecule has 2 amide bonds. The SMILES string of the molecule is O=C(Cn1c(=O)c([N+](=O)[O-])c(N2CCN(C(=O)c3ccco3)CC2)c2ccccc21)c1ccccc1.O=C(c1ccco1)N1CCN(c2c([N+](=O)[O-])c(=O)n(CCC3CCCCC3)c3ccccc23)CC1. The van der Waals surface area contributed by atoms with Crippen LogP contribution in [0.15, 0.2) is 134 Å². The zero-order chi connectivity index (χ0) is 49.6. The molecule has 0 unspecified atom stereocenters. The molecule has 0 N–H and O–H groups in total. The van der Waals surface area contributed by atoms with Gasteiger partial charge in [0, 0.05) is 75.2 Å². The van der Waals surface area contributed by atoms with E-state index in [2.05, 4.69) is 0 Å². The van der Waals surface area contributed by atoms with E-state index < -0.39 is 26.7 Å². The van der Waals surface area contributed by atoms with Crippen molar-refractivity contribution in [1.29, 1.82) is 0 Å². The molecule has 6 heterocycles. The van der Waals surface area contributed by atoms with Gasteiger partial charge >= 0.3 is 22.5 Å². The molecule has 7 aromatic rings. The number of hydrogen-bond donors (Lipinski definition) is 0. The van der Waals surface area contributed by atoms with Crippen LogP contribution in [-0.2, 0) is 13.1 Å². The third-order valence-corrected chi connectivity index (χ3v) is 13.7. The lowest BCUT2D eigenvalue weighted by Crippen LogP contribution is -2.49. The van der Waals surface area contributed by atoms with E-state index in [0.717, 1.165) is 24.8 Å². The van der Waals surface area contributed by atoms with Crippen molar-refractivity contribution in [3.05, 3.63) is 174 Å². The van der Waals surface area contributed by atoms with Crippen molar-refractivity contribution in [1.82, 2.24) is 18.9 Å². The number of fused-ring (bicyclic) bond motifs is 2. The summed E-state index contributed by atoms with van der Waals surface area (Å²) in [6.07, 6.45) is 9.76. The number of para-hydroxylation sites is 2. The number of hydrogen-bond acceptors (Lipinski definition) is 13. The van der Waals surface area contributed by atoms with Crippen LogP contribution in [0.4, 0.5) is 22.7 Å². The van der Waals surface area contributed by atoms with Gasteiger partial charge in [-0.2, -0.15) is 0 Å². The highest BCUT2D eigenvalue weighted by Crippen LogP contribution is 2.37. The number of nitrogens with zero attached hydrogens (tertiary/aromatic N) is 8. The maximum atomic E-state index is 13.5. The summed E-state index contributed by atoms with van der Waals surface area (Å²) >= 11 is 0. The molecule has 0 spiro atoms. The fourth-order valence-corrected chi connectivity index (χ4v) is 10.1. The Kier molecular flexibility index (Phi) is 14.2. The average molecular weight is 965 g/mol. The number of aromatic nitrogens is 2. The second-order valence-electron chi connectivity index (χ2n) is 17.9. The number of amides is 2. The van der Waals surface area contributed by atoms with Crippen molar-refractivity contribution in [2.45, 2.75) is 51.6 Å². The first-order valence-electron chi connectivity index (χ1n) is 23.8. The summed E-state index contributed by atoms with van der Waals surface area (Å²) in [7, 11) is 0. The minimum atomic E-state index is -0.841. The Bertz CT molecular complexity index is 3200. The molecule has 3 fully saturated rings. The molecule has 0 radical (unpaired) electrons. The van der Waals surface area contributed by atoms with E-state index in [9.17, 15) is 44.2 Å². The molecule has 19 nitrogen and oxygen atoms in total. The van der Waals surface area contributed by atoms with Crippen molar-refractivity contribution in [2.75, 3.05) is 62.2 Å². The van der Waals surface area contributed by atoms with Crippen LogP contribution < -0.4 is 20.9 Å². The molecule has 0 atom stereocenters. The Morgan fingerprint density at radius 2 is 1.00 bits per heavy atom. The van der Waals surface area contributed by atoms with E-state index in [-0.39, 0.29) is 47.0 Å². The van der Waals surface area contributed by atoms with Crippen molar-refractivity contribution < 1.29 is 33.1 Å². The third kappa shape index (κ3) is 9.93. The summed E-state index contributed by atoms with van der Waals surface area (Å²) in [5.41, 5.74) is -0.218. The zero-order valence-electron chi connectivity index (χ0n) is 38.9. The first kappa shape index (κ1) is 47.7. The number of Topliss-reactive ketones (excluding diaryl/α,β-unsaturated/α-hetero) is 1. The standard InChI is InChI=1S/C26H22N4O6.C26H30N4O5/c31-21(18-7-2-1-3-8-18)17-29-20-10-5-4-9-19(20)23(24(26(29)33)30(34)35)27-12-14-28(15-13-27)25(32)22-11-6-16-36-22;31-25(22-11-6-18-35-22)28-16-14-27(15-17-28)23-20-9-4-5-10-21(20)29(26(32)24(23)30(33)34)13-12-19-7-2-1-3-8-19/h1-11,16H,12-15,17H2;4-6,9-11,18-19H,1-3,7-8,12-17H2. The smallest absolute Gasteiger partial charge is 0.357 e. The molecule has 3 aliphatic rings. The highest BCUT2D eigenvalue weighted by atomic mass is 16.6. The Morgan fingerprint density at radius 3 is 1.46 bits per heavy atom. The highest BCUT2D eigenvalue weighted by molar-refractivity contribution is 6.00. The molecule has 0 bridgehead atoms. The number of aryl methyl sites for hydroxylation is 1. The van der Waals surface area contributed by atoms with Gasteiger partial charge in [-0.25, -0.2) is 0 Å². The van der Waals surface area contributed by atoms with E-state index in [1.807, 2.05) is 29.2 Å². The van der Waals surface area contributed by atoms with Crippen LogP contribution in [0.5, 0.6) is 0 Å². The number of ketones is 1. The molecule has 2 aliphatic heterocycles. The van der Waals surface area contributed by atoms with Crippen molar-refractivity contribution >= 4 is 62.2 Å². The summed E-state index contributed by atoms with van der Waals surface area (Å²) in [6, 6.07) is 29.3. The van der Waals surface area contributed by atoms with E-state index >= 15 is 0 Å². The van der Waals surface area contributed by atoms with Crippen LogP contribution in [0.2, 0.25) is 0 Å². The number of rotatable bonds is 12. The van der Waals surface area contributed by atoms with Gasteiger partial charge in [-0.1, -0.05) is 98.8 Å². The molecular formula is C52H52N8O11. The predicted octanol–water partition coefficient (Wildman–Crippen LogP) is 7.78. The highest BCUT2D eigenvalue weighted by Gasteiger charge is 2.35. The van der Waals surface area contributed by atoms with E-state index in [1.165, 1.54) is 36.4 Å². The van der Waals surface area contributed by atoms with Gasteiger partial charge in [0.05, 0.1) is 40.0 Å². The van der Waals surface area contributed by atoms with Gasteiger partial charge < -0.3 is 33.0 Å². The molecule has 366 valence electrons. The number of piperazine rings is 2. The maximum absolute atomic E-state index is 13.5. The van der Waals surface area contributed by atoms with Crippen molar-refractivity contribution in [2.24, 2.45) is 5.92 Å². The second kappa shape index (κ2) is 21.1. The number of pyridine rings is 2. The third-order valence-electron chi connectivity index (χ3n) is 13.7. The Hall–Kier alpha value is -8.35. The van der Waals surface area contributed by atoms with Crippen LogP contribution in [0, 0.1) is 26.1 Å². The molecule has 1 saturated carbocycles. The normalized spacial score (nSPS) is 15.4. The van der Waals surface area contributed by atoms with E-state index in [1.54, 1.807) is 98.1 Å². The topological polar surface area (TPSA) is 221 Å². The van der Waals surface area contributed by atoms with Gasteiger partial charge in [0.15, 0.2) is 17.3 Å². The first-order valence-corrected chi connectivity index (χ1v) is 23.8. The molecule has 2 saturated heterocycles. The van der Waals surface area contributed by atoms with Gasteiger partial charge in [0.1, 0.15) is 11.4 Å². The molecular weight excluding hydrogens is 913 g/mol. The number of benzene rings is 3. The van der Waals surface area contributed by atoms with E-state index in [4.69, 9.17) is 8.83 Å². The van der Waals surface area contributed by atoms with Crippen molar-refractivity contribution in [3.8, 4) is 0 Å².